The van der Waals surface area contributed by atoms with Gasteiger partial charge in [0, 0.05) is 11.1 Å². The van der Waals surface area contributed by atoms with Gasteiger partial charge in [0.25, 0.3) is 0 Å². The third-order valence-corrected chi connectivity index (χ3v) is 2.73. The van der Waals surface area contributed by atoms with Gasteiger partial charge in [0.2, 0.25) is 0 Å². The summed E-state index contributed by atoms with van der Waals surface area (Å²) in [5.74, 6) is 0.243. The van der Waals surface area contributed by atoms with E-state index in [0.29, 0.717) is 0 Å². The lowest BCUT2D eigenvalue weighted by atomic mass is 10.1. The highest BCUT2D eigenvalue weighted by molar-refractivity contribution is 5.27. The van der Waals surface area contributed by atoms with Crippen LogP contribution in [-0.2, 0) is 9.47 Å². The molecule has 0 aromatic heterocycles. The first-order valence-corrected chi connectivity index (χ1v) is 5.48. The van der Waals surface area contributed by atoms with E-state index in [0.717, 1.165) is 11.1 Å². The fourth-order valence-electron chi connectivity index (χ4n) is 1.79. The van der Waals surface area contributed by atoms with Gasteiger partial charge >= 0.3 is 0 Å². The Bertz CT molecular complexity index is 487. The Kier molecular flexibility index (Phi) is 2.55. The van der Waals surface area contributed by atoms with Crippen LogP contribution in [0.4, 0.5) is 0 Å². The van der Waals surface area contributed by atoms with Crippen LogP contribution in [0.25, 0.3) is 0 Å². The Balaban J connectivity index is 1.67. The van der Waals surface area contributed by atoms with E-state index >= 15 is 0 Å². The molecule has 0 bridgehead atoms. The van der Waals surface area contributed by atoms with Gasteiger partial charge in [-0.1, -0.05) is 42.5 Å². The number of phenols is 1. The zero-order chi connectivity index (χ0) is 11.7. The molecule has 1 aliphatic heterocycles. The van der Waals surface area contributed by atoms with Gasteiger partial charge in [-0.2, -0.15) is 0 Å². The molecule has 86 valence electrons. The lowest BCUT2D eigenvalue weighted by Gasteiger charge is -2.36. The molecule has 0 amide bonds. The first-order valence-electron chi connectivity index (χ1n) is 5.48. The molecule has 1 aliphatic rings. The van der Waals surface area contributed by atoms with Crippen molar-refractivity contribution in [3.8, 4) is 5.75 Å². The predicted octanol–water partition coefficient (Wildman–Crippen LogP) is 3.14. The molecule has 17 heavy (non-hydrogen) atoms. The lowest BCUT2D eigenvalue weighted by molar-refractivity contribution is -0.397. The number of ether oxygens (including phenoxy) is 2. The van der Waals surface area contributed by atoms with Crippen molar-refractivity contribution in [1.82, 2.24) is 0 Å². The highest BCUT2D eigenvalue weighted by atomic mass is 16.9. The molecule has 0 unspecified atom stereocenters. The van der Waals surface area contributed by atoms with Gasteiger partial charge in [-0.3, -0.25) is 0 Å². The SMILES string of the molecule is Oc1ccc(C2OC(c3ccccc3)O2)cc1. The van der Waals surface area contributed by atoms with Gasteiger partial charge in [0.15, 0.2) is 12.6 Å². The molecular weight excluding hydrogens is 216 g/mol. The maximum atomic E-state index is 9.18. The van der Waals surface area contributed by atoms with Crippen molar-refractivity contribution in [2.75, 3.05) is 0 Å². The summed E-state index contributed by atoms with van der Waals surface area (Å²) >= 11 is 0. The fraction of sp³-hybridized carbons (Fsp3) is 0.143. The van der Waals surface area contributed by atoms with Gasteiger partial charge in [-0.25, -0.2) is 0 Å². The zero-order valence-corrected chi connectivity index (χ0v) is 9.11. The molecule has 2 aromatic carbocycles. The molecule has 0 radical (unpaired) electrons. The van der Waals surface area contributed by atoms with Crippen LogP contribution in [0.15, 0.2) is 54.6 Å². The number of phenolic OH excluding ortho intramolecular Hbond substituents is 1. The molecule has 1 saturated heterocycles. The Labute approximate surface area is 99.2 Å². The summed E-state index contributed by atoms with van der Waals surface area (Å²) in [6, 6.07) is 16.6. The van der Waals surface area contributed by atoms with E-state index in [2.05, 4.69) is 0 Å². The quantitative estimate of drug-likeness (QED) is 0.858. The molecule has 1 N–H and O–H groups in total. The maximum Gasteiger partial charge on any atom is 0.190 e. The number of hydrogen-bond donors (Lipinski definition) is 1. The van der Waals surface area contributed by atoms with Gasteiger partial charge in [0.05, 0.1) is 0 Å². The first kappa shape index (κ1) is 10.3. The highest BCUT2D eigenvalue weighted by Gasteiger charge is 2.33. The summed E-state index contributed by atoms with van der Waals surface area (Å²) in [6.07, 6.45) is -0.615. The fourth-order valence-corrected chi connectivity index (χ4v) is 1.79. The average molecular weight is 228 g/mol. The zero-order valence-electron chi connectivity index (χ0n) is 9.11. The van der Waals surface area contributed by atoms with Crippen molar-refractivity contribution in [2.45, 2.75) is 12.6 Å². The van der Waals surface area contributed by atoms with Crippen LogP contribution in [0.2, 0.25) is 0 Å². The van der Waals surface area contributed by atoms with Gasteiger partial charge in [-0.15, -0.1) is 0 Å². The highest BCUT2D eigenvalue weighted by Crippen LogP contribution is 2.41. The predicted molar refractivity (Wildman–Crippen MR) is 62.2 cm³/mol. The minimum atomic E-state index is -0.333. The molecule has 0 saturated carbocycles. The number of hydrogen-bond acceptors (Lipinski definition) is 3. The number of rotatable bonds is 2. The molecule has 3 rings (SSSR count). The molecule has 1 heterocycles. The largest absolute Gasteiger partial charge is 0.508 e. The Morgan fingerprint density at radius 2 is 1.24 bits per heavy atom. The second kappa shape index (κ2) is 4.20. The van der Waals surface area contributed by atoms with Crippen LogP contribution in [-0.4, -0.2) is 5.11 Å². The van der Waals surface area contributed by atoms with Crippen LogP contribution in [0.3, 0.4) is 0 Å². The Hall–Kier alpha value is -1.84. The average Bonchev–Trinajstić information content (AvgIpc) is 2.31. The van der Waals surface area contributed by atoms with E-state index < -0.39 is 0 Å². The van der Waals surface area contributed by atoms with Crippen molar-refractivity contribution >= 4 is 0 Å². The summed E-state index contributed by atoms with van der Waals surface area (Å²) in [7, 11) is 0. The second-order valence-corrected chi connectivity index (χ2v) is 3.94. The van der Waals surface area contributed by atoms with E-state index in [1.807, 2.05) is 30.3 Å². The van der Waals surface area contributed by atoms with Crippen LogP contribution in [0.5, 0.6) is 5.75 Å². The second-order valence-electron chi connectivity index (χ2n) is 3.94. The number of aromatic hydroxyl groups is 1. The summed E-state index contributed by atoms with van der Waals surface area (Å²) in [4.78, 5) is 0. The van der Waals surface area contributed by atoms with Crippen LogP contribution in [0.1, 0.15) is 23.7 Å². The summed E-state index contributed by atoms with van der Waals surface area (Å²) in [5, 5.41) is 9.18. The van der Waals surface area contributed by atoms with Gasteiger partial charge in [-0.05, 0) is 12.1 Å². The van der Waals surface area contributed by atoms with Crippen LogP contribution >= 0.6 is 0 Å². The number of benzene rings is 2. The topological polar surface area (TPSA) is 38.7 Å². The van der Waals surface area contributed by atoms with E-state index in [-0.39, 0.29) is 18.3 Å². The smallest absolute Gasteiger partial charge is 0.190 e. The monoisotopic (exact) mass is 228 g/mol. The third-order valence-electron chi connectivity index (χ3n) is 2.73. The van der Waals surface area contributed by atoms with E-state index in [1.165, 1.54) is 0 Å². The lowest BCUT2D eigenvalue weighted by Crippen LogP contribution is -2.27. The normalized spacial score (nSPS) is 23.1. The standard InChI is InChI=1S/C14H12O3/c15-12-8-6-11(7-9-12)14-16-13(17-14)10-4-2-1-3-5-10/h1-9,13-15H. The van der Waals surface area contributed by atoms with Crippen LogP contribution in [0, 0.1) is 0 Å². The summed E-state index contributed by atoms with van der Waals surface area (Å²) in [5.41, 5.74) is 1.93. The summed E-state index contributed by atoms with van der Waals surface area (Å²) in [6.45, 7) is 0. The maximum absolute atomic E-state index is 9.18. The van der Waals surface area contributed by atoms with Crippen molar-refractivity contribution in [1.29, 1.82) is 0 Å². The van der Waals surface area contributed by atoms with Crippen molar-refractivity contribution in [2.24, 2.45) is 0 Å². The van der Waals surface area contributed by atoms with E-state index in [9.17, 15) is 5.11 Å². The molecule has 3 heteroatoms. The molecule has 0 atom stereocenters. The molecule has 1 fully saturated rings. The van der Waals surface area contributed by atoms with E-state index in [1.54, 1.807) is 24.3 Å². The first-order chi connectivity index (χ1) is 8.33. The third kappa shape index (κ3) is 2.02. The van der Waals surface area contributed by atoms with Gasteiger partial charge in [0.1, 0.15) is 5.75 Å². The molecule has 0 aliphatic carbocycles. The summed E-state index contributed by atoms with van der Waals surface area (Å²) < 4.78 is 11.3. The Morgan fingerprint density at radius 1 is 0.706 bits per heavy atom. The van der Waals surface area contributed by atoms with Crippen molar-refractivity contribution in [3.63, 3.8) is 0 Å². The molecule has 2 aromatic rings. The van der Waals surface area contributed by atoms with E-state index in [4.69, 9.17) is 9.47 Å². The minimum Gasteiger partial charge on any atom is -0.508 e. The molecule has 3 nitrogen and oxygen atoms in total. The molecular formula is C14H12O3. The minimum absolute atomic E-state index is 0.243. The van der Waals surface area contributed by atoms with Gasteiger partial charge < -0.3 is 14.6 Å². The molecule has 0 spiro atoms. The Morgan fingerprint density at radius 3 is 1.82 bits per heavy atom. The van der Waals surface area contributed by atoms with Crippen LogP contribution < -0.4 is 0 Å². The van der Waals surface area contributed by atoms with Crippen molar-refractivity contribution < 1.29 is 14.6 Å². The van der Waals surface area contributed by atoms with Crippen molar-refractivity contribution in [3.05, 3.63) is 65.7 Å².